The lowest BCUT2D eigenvalue weighted by atomic mass is 10.1. The molecule has 1 aromatic carbocycles. The molecule has 3 heterocycles. The number of benzene rings is 1. The molecule has 3 aliphatic rings. The number of nitrogens with one attached hydrogen (secondary N) is 1. The van der Waals surface area contributed by atoms with Gasteiger partial charge in [-0.25, -0.2) is 9.79 Å². The summed E-state index contributed by atoms with van der Waals surface area (Å²) in [6, 6.07) is 6.36. The van der Waals surface area contributed by atoms with E-state index in [1.807, 2.05) is 28.0 Å². The zero-order valence-electron chi connectivity index (χ0n) is 16.6. The summed E-state index contributed by atoms with van der Waals surface area (Å²) in [4.78, 5) is 48.3. The van der Waals surface area contributed by atoms with E-state index in [1.54, 1.807) is 13.1 Å². The second-order valence-corrected chi connectivity index (χ2v) is 8.05. The Kier molecular flexibility index (Phi) is 5.52. The van der Waals surface area contributed by atoms with Crippen molar-refractivity contribution in [2.45, 2.75) is 18.8 Å². The first kappa shape index (κ1) is 20.4. The van der Waals surface area contributed by atoms with Crippen LogP contribution in [0.2, 0.25) is 5.02 Å². The van der Waals surface area contributed by atoms with Gasteiger partial charge in [-0.1, -0.05) is 29.8 Å². The van der Waals surface area contributed by atoms with E-state index in [-0.39, 0.29) is 18.4 Å². The number of piperazine rings is 1. The fourth-order valence-electron chi connectivity index (χ4n) is 4.08. The maximum Gasteiger partial charge on any atom is 0.325 e. The molecule has 2 atom stereocenters. The van der Waals surface area contributed by atoms with Gasteiger partial charge in [0.2, 0.25) is 5.91 Å². The van der Waals surface area contributed by atoms with Gasteiger partial charge in [0.25, 0.3) is 5.91 Å². The number of nitrogens with zero attached hydrogens (tertiary/aromatic N) is 5. The number of primary amides is 1. The number of fused-ring (bicyclic) bond motifs is 1. The van der Waals surface area contributed by atoms with Crippen LogP contribution in [0.25, 0.3) is 0 Å². The minimum Gasteiger partial charge on any atom is -0.369 e. The Labute approximate surface area is 179 Å². The van der Waals surface area contributed by atoms with Gasteiger partial charge in [-0.2, -0.15) is 0 Å². The number of nitrogens with two attached hydrogens (primary N) is 1. The van der Waals surface area contributed by atoms with E-state index in [4.69, 9.17) is 22.3 Å². The smallest absolute Gasteiger partial charge is 0.325 e. The average Bonchev–Trinajstić information content (AvgIpc) is 3.08. The van der Waals surface area contributed by atoms with Crippen molar-refractivity contribution in [1.82, 2.24) is 24.9 Å². The zero-order valence-corrected chi connectivity index (χ0v) is 17.4. The molecule has 4 rings (SSSR count). The third-order valence-corrected chi connectivity index (χ3v) is 6.04. The molecule has 0 saturated carbocycles. The number of aliphatic imine (C=N–C) groups is 1. The molecule has 2 saturated heterocycles. The van der Waals surface area contributed by atoms with Crippen LogP contribution in [-0.2, 0) is 16.1 Å². The summed E-state index contributed by atoms with van der Waals surface area (Å²) < 4.78 is 0. The molecule has 0 aliphatic carbocycles. The van der Waals surface area contributed by atoms with Gasteiger partial charge in [0.1, 0.15) is 0 Å². The maximum absolute atomic E-state index is 12.7. The highest BCUT2D eigenvalue weighted by Gasteiger charge is 2.49. The third kappa shape index (κ3) is 3.80. The highest BCUT2D eigenvalue weighted by Crippen LogP contribution is 2.29. The lowest BCUT2D eigenvalue weighted by Gasteiger charge is -2.40. The lowest BCUT2D eigenvalue weighted by Crippen LogP contribution is -2.64. The van der Waals surface area contributed by atoms with E-state index in [1.165, 1.54) is 4.90 Å². The van der Waals surface area contributed by atoms with Gasteiger partial charge in [0.05, 0.1) is 6.54 Å². The van der Waals surface area contributed by atoms with Crippen molar-refractivity contribution in [2.24, 2.45) is 10.7 Å². The molecule has 0 spiro atoms. The Morgan fingerprint density at radius 2 is 1.93 bits per heavy atom. The van der Waals surface area contributed by atoms with Gasteiger partial charge in [0, 0.05) is 44.8 Å². The van der Waals surface area contributed by atoms with Crippen molar-refractivity contribution in [1.29, 1.82) is 0 Å². The number of amides is 4. The van der Waals surface area contributed by atoms with E-state index >= 15 is 0 Å². The number of halogens is 1. The van der Waals surface area contributed by atoms with Crippen LogP contribution in [0.15, 0.2) is 29.3 Å². The summed E-state index contributed by atoms with van der Waals surface area (Å²) in [6.07, 6.45) is -0.604. The van der Waals surface area contributed by atoms with Crippen LogP contribution in [0.5, 0.6) is 0 Å². The molecule has 160 valence electrons. The van der Waals surface area contributed by atoms with Crippen LogP contribution in [-0.4, -0.2) is 95.4 Å². The number of carbonyl (C=O) groups is 3. The van der Waals surface area contributed by atoms with Crippen molar-refractivity contribution in [3.63, 3.8) is 0 Å². The van der Waals surface area contributed by atoms with Crippen LogP contribution in [0, 0.1) is 0 Å². The quantitative estimate of drug-likeness (QED) is 0.661. The highest BCUT2D eigenvalue weighted by molar-refractivity contribution is 6.31. The average molecular weight is 434 g/mol. The van der Waals surface area contributed by atoms with Crippen molar-refractivity contribution in [2.75, 3.05) is 39.8 Å². The number of carbonyl (C=O) groups excluding carboxylic acids is 3. The van der Waals surface area contributed by atoms with Crippen molar-refractivity contribution >= 4 is 35.4 Å². The number of likely N-dealkylation sites (N-methyl/N-ethyl adjacent to an activating group) is 1. The summed E-state index contributed by atoms with van der Waals surface area (Å²) in [7, 11) is 1.63. The second-order valence-electron chi connectivity index (χ2n) is 7.64. The van der Waals surface area contributed by atoms with E-state index in [2.05, 4.69) is 10.2 Å². The topological polar surface area (TPSA) is 115 Å². The molecule has 10 nitrogen and oxygen atoms in total. The molecular weight excluding hydrogens is 410 g/mol. The van der Waals surface area contributed by atoms with E-state index in [0.717, 1.165) is 5.56 Å². The molecule has 0 bridgehead atoms. The molecule has 3 aliphatic heterocycles. The van der Waals surface area contributed by atoms with Gasteiger partial charge in [-0.15, -0.1) is 0 Å². The Morgan fingerprint density at radius 3 is 2.60 bits per heavy atom. The van der Waals surface area contributed by atoms with E-state index < -0.39 is 18.2 Å². The Bertz CT molecular complexity index is 900. The molecule has 4 amide bonds. The number of hydrogen-bond donors (Lipinski definition) is 2. The van der Waals surface area contributed by atoms with Gasteiger partial charge >= 0.3 is 6.03 Å². The Balaban J connectivity index is 1.60. The molecule has 2 unspecified atom stereocenters. The summed E-state index contributed by atoms with van der Waals surface area (Å²) in [5.41, 5.74) is 6.17. The monoisotopic (exact) mass is 433 g/mol. The highest BCUT2D eigenvalue weighted by atomic mass is 35.5. The maximum atomic E-state index is 12.7. The third-order valence-electron chi connectivity index (χ3n) is 5.67. The summed E-state index contributed by atoms with van der Waals surface area (Å²) in [5.74, 6) is -0.0774. The largest absolute Gasteiger partial charge is 0.369 e. The molecule has 11 heteroatoms. The fraction of sp³-hybridized carbons (Fsp3) is 0.474. The predicted octanol–water partition coefficient (Wildman–Crippen LogP) is -0.509. The van der Waals surface area contributed by atoms with Crippen LogP contribution in [0.3, 0.4) is 0 Å². The molecule has 30 heavy (non-hydrogen) atoms. The first-order valence-electron chi connectivity index (χ1n) is 9.76. The van der Waals surface area contributed by atoms with Crippen molar-refractivity contribution in [3.8, 4) is 0 Å². The predicted molar refractivity (Wildman–Crippen MR) is 111 cm³/mol. The second kappa shape index (κ2) is 8.11. The van der Waals surface area contributed by atoms with E-state index in [9.17, 15) is 14.4 Å². The van der Waals surface area contributed by atoms with Crippen LogP contribution in [0.1, 0.15) is 5.56 Å². The van der Waals surface area contributed by atoms with Crippen LogP contribution in [0.4, 0.5) is 4.79 Å². The van der Waals surface area contributed by atoms with Crippen LogP contribution >= 0.6 is 11.6 Å². The summed E-state index contributed by atoms with van der Waals surface area (Å²) in [5, 5.41) is 3.01. The van der Waals surface area contributed by atoms with Crippen molar-refractivity contribution < 1.29 is 14.4 Å². The molecule has 3 N–H and O–H groups in total. The zero-order chi connectivity index (χ0) is 21.4. The minimum atomic E-state index is -0.636. The number of hydrogen-bond acceptors (Lipinski definition) is 7. The molecule has 0 radical (unpaired) electrons. The van der Waals surface area contributed by atoms with Gasteiger partial charge < -0.3 is 20.4 Å². The van der Waals surface area contributed by atoms with Gasteiger partial charge in [-0.05, 0) is 11.6 Å². The SMILES string of the molecule is CN1C(=O)NC(=O)C2C1N=C(N1CCN(CC(N)=O)CC1)N2Cc1ccccc1Cl. The first-order chi connectivity index (χ1) is 14.3. The normalized spacial score (nSPS) is 24.6. The summed E-state index contributed by atoms with van der Waals surface area (Å²) >= 11 is 6.37. The molecule has 2 fully saturated rings. The Morgan fingerprint density at radius 1 is 1.23 bits per heavy atom. The van der Waals surface area contributed by atoms with Crippen molar-refractivity contribution in [3.05, 3.63) is 34.9 Å². The Hall–Kier alpha value is -2.85. The summed E-state index contributed by atoms with van der Waals surface area (Å²) in [6.45, 7) is 3.16. The van der Waals surface area contributed by atoms with E-state index in [0.29, 0.717) is 43.7 Å². The molecule has 1 aromatic rings. The fourth-order valence-corrected chi connectivity index (χ4v) is 4.28. The lowest BCUT2D eigenvalue weighted by molar-refractivity contribution is -0.127. The number of urea groups is 1. The first-order valence-corrected chi connectivity index (χ1v) is 10.1. The van der Waals surface area contributed by atoms with Gasteiger partial charge in [0.15, 0.2) is 18.2 Å². The standard InChI is InChI=1S/C19H24ClN7O3/c1-24-16-15(17(29)23-19(24)30)27(10-12-4-2-3-5-13(12)20)18(22-16)26-8-6-25(7-9-26)11-14(21)28/h2-5,15-16H,6-11H2,1H3,(H2,21,28)(H,23,29,30). The number of guanidine groups is 1. The van der Waals surface area contributed by atoms with Crippen LogP contribution < -0.4 is 11.1 Å². The molecular formula is C19H24ClN7O3. The number of imide groups is 1. The molecule has 0 aromatic heterocycles. The minimum absolute atomic E-state index is 0.217. The van der Waals surface area contributed by atoms with Gasteiger partial charge in [-0.3, -0.25) is 19.8 Å². The number of rotatable bonds is 4.